The van der Waals surface area contributed by atoms with Crippen LogP contribution in [-0.2, 0) is 17.4 Å². The zero-order valence-electron chi connectivity index (χ0n) is 17.9. The van der Waals surface area contributed by atoms with Crippen molar-refractivity contribution < 1.29 is 0 Å². The molecule has 2 aliphatic carbocycles. The number of rotatable bonds is 5. The van der Waals surface area contributed by atoms with Crippen molar-refractivity contribution in [3.63, 3.8) is 0 Å². The van der Waals surface area contributed by atoms with Crippen molar-refractivity contribution in [2.45, 2.75) is 55.9 Å². The zero-order valence-corrected chi connectivity index (χ0v) is 18.7. The summed E-state index contributed by atoms with van der Waals surface area (Å²) in [4.78, 5) is 0. The second-order valence-corrected chi connectivity index (χ2v) is 9.78. The molecule has 0 unspecified atom stereocenters. The minimum absolute atomic E-state index is 0.157. The molecule has 0 heterocycles. The second kappa shape index (κ2) is 7.55. The number of fused-ring (bicyclic) bond motifs is 2. The highest BCUT2D eigenvalue weighted by Gasteiger charge is 2.44. The Hall–Kier alpha value is -2.09. The lowest BCUT2D eigenvalue weighted by Crippen LogP contribution is -2.38. The van der Waals surface area contributed by atoms with Gasteiger partial charge in [0.15, 0.2) is 0 Å². The molecule has 1 saturated carbocycles. The van der Waals surface area contributed by atoms with E-state index in [2.05, 4.69) is 80.0 Å². The maximum atomic E-state index is 6.14. The van der Waals surface area contributed by atoms with E-state index in [1.54, 1.807) is 0 Å². The van der Waals surface area contributed by atoms with Gasteiger partial charge in [0.2, 0.25) is 0 Å². The van der Waals surface area contributed by atoms with E-state index in [1.807, 2.05) is 12.1 Å². The van der Waals surface area contributed by atoms with Gasteiger partial charge in [-0.05, 0) is 97.4 Å². The van der Waals surface area contributed by atoms with Crippen LogP contribution >= 0.6 is 11.6 Å². The highest BCUT2D eigenvalue weighted by Crippen LogP contribution is 2.54. The van der Waals surface area contributed by atoms with Gasteiger partial charge in [-0.25, -0.2) is 0 Å². The first-order chi connectivity index (χ1) is 14.6. The van der Waals surface area contributed by atoms with E-state index >= 15 is 0 Å². The van der Waals surface area contributed by atoms with Crippen molar-refractivity contribution in [1.82, 2.24) is 5.32 Å². The fourth-order valence-electron chi connectivity index (χ4n) is 5.63. The molecule has 0 amide bonds. The molecule has 0 saturated heterocycles. The summed E-state index contributed by atoms with van der Waals surface area (Å²) in [6.45, 7) is 2.34. The Morgan fingerprint density at radius 3 is 2.27 bits per heavy atom. The van der Waals surface area contributed by atoms with Crippen LogP contribution < -0.4 is 5.32 Å². The first kappa shape index (κ1) is 19.8. The monoisotopic (exact) mass is 415 g/mol. The van der Waals surface area contributed by atoms with Gasteiger partial charge >= 0.3 is 0 Å². The van der Waals surface area contributed by atoms with E-state index in [-0.39, 0.29) is 5.54 Å². The molecule has 2 aliphatic rings. The third-order valence-electron chi connectivity index (χ3n) is 7.74. The molecule has 1 nitrogen and oxygen atoms in total. The van der Waals surface area contributed by atoms with Gasteiger partial charge in [-0.3, -0.25) is 0 Å². The van der Waals surface area contributed by atoms with Gasteiger partial charge in [-0.2, -0.15) is 0 Å². The molecule has 0 bridgehead atoms. The Kier molecular flexibility index (Phi) is 5.00. The second-order valence-electron chi connectivity index (χ2n) is 9.35. The van der Waals surface area contributed by atoms with Crippen LogP contribution in [0.25, 0.3) is 0 Å². The summed E-state index contributed by atoms with van der Waals surface area (Å²) in [5, 5.41) is 4.49. The molecule has 30 heavy (non-hydrogen) atoms. The normalized spacial score (nSPS) is 23.9. The van der Waals surface area contributed by atoms with Gasteiger partial charge in [0.25, 0.3) is 0 Å². The molecule has 3 aromatic carbocycles. The summed E-state index contributed by atoms with van der Waals surface area (Å²) in [6, 6.07) is 26.7. The number of nitrogens with one attached hydrogen (secondary N) is 1. The summed E-state index contributed by atoms with van der Waals surface area (Å²) in [5.41, 5.74) is 7.51. The molecule has 2 atom stereocenters. The third kappa shape index (κ3) is 3.29. The summed E-state index contributed by atoms with van der Waals surface area (Å²) >= 11 is 6.14. The van der Waals surface area contributed by atoms with Crippen LogP contribution in [0.1, 0.15) is 66.3 Å². The predicted molar refractivity (Wildman–Crippen MR) is 126 cm³/mol. The summed E-state index contributed by atoms with van der Waals surface area (Å²) < 4.78 is 0. The standard InChI is InChI=1S/C28H30ClN/c1-27(30-2)25-9-5-3-7-21(25)19-20(24-8-4-6-10-26(24)27)15-16-28(17-18-28)22-11-13-23(29)14-12-22/h3-14,20,30H,15-19H2,1-2H3/t20-,27+/m0/s1. The van der Waals surface area contributed by atoms with Crippen molar-refractivity contribution in [3.05, 3.63) is 106 Å². The summed E-state index contributed by atoms with van der Waals surface area (Å²) in [6.07, 6.45) is 6.17. The molecule has 1 fully saturated rings. The molecule has 0 radical (unpaired) electrons. The fraction of sp³-hybridized carbons (Fsp3) is 0.357. The fourth-order valence-corrected chi connectivity index (χ4v) is 5.76. The van der Waals surface area contributed by atoms with Crippen molar-refractivity contribution in [3.8, 4) is 0 Å². The molecule has 1 N–H and O–H groups in total. The summed E-state index contributed by atoms with van der Waals surface area (Å²) in [7, 11) is 2.09. The topological polar surface area (TPSA) is 12.0 Å². The lowest BCUT2D eigenvalue weighted by atomic mass is 9.80. The van der Waals surface area contributed by atoms with Gasteiger partial charge in [-0.1, -0.05) is 72.3 Å². The average molecular weight is 416 g/mol. The lowest BCUT2D eigenvalue weighted by Gasteiger charge is -2.32. The van der Waals surface area contributed by atoms with E-state index in [0.29, 0.717) is 11.3 Å². The van der Waals surface area contributed by atoms with Crippen LogP contribution in [0.5, 0.6) is 0 Å². The highest BCUT2D eigenvalue weighted by atomic mass is 35.5. The molecule has 0 aromatic heterocycles. The first-order valence-corrected chi connectivity index (χ1v) is 11.6. The van der Waals surface area contributed by atoms with Crippen LogP contribution in [0, 0.1) is 0 Å². The van der Waals surface area contributed by atoms with Crippen LogP contribution in [-0.4, -0.2) is 7.05 Å². The average Bonchev–Trinajstić information content (AvgIpc) is 3.58. The van der Waals surface area contributed by atoms with Gasteiger partial charge in [-0.15, -0.1) is 0 Å². The molecule has 154 valence electrons. The van der Waals surface area contributed by atoms with E-state index in [1.165, 1.54) is 53.5 Å². The minimum atomic E-state index is -0.157. The smallest absolute Gasteiger partial charge is 0.0664 e. The SMILES string of the molecule is CN[C@]1(C)c2ccccc2C[C@H](CCC2(c3ccc(Cl)cc3)CC2)c2ccccc21. The Balaban J connectivity index is 1.50. The van der Waals surface area contributed by atoms with Crippen LogP contribution in [0.4, 0.5) is 0 Å². The third-order valence-corrected chi connectivity index (χ3v) is 8.00. The van der Waals surface area contributed by atoms with Crippen LogP contribution in [0.2, 0.25) is 5.02 Å². The Labute approximate surface area is 185 Å². The number of benzene rings is 3. The number of hydrogen-bond donors (Lipinski definition) is 1. The molecular weight excluding hydrogens is 386 g/mol. The molecule has 0 spiro atoms. The van der Waals surface area contributed by atoms with Crippen molar-refractivity contribution in [2.75, 3.05) is 7.05 Å². The van der Waals surface area contributed by atoms with E-state index in [4.69, 9.17) is 11.6 Å². The Bertz CT molecular complexity index is 1050. The van der Waals surface area contributed by atoms with Crippen molar-refractivity contribution >= 4 is 11.6 Å². The molecule has 5 rings (SSSR count). The number of halogens is 1. The van der Waals surface area contributed by atoms with Gasteiger partial charge < -0.3 is 5.32 Å². The predicted octanol–water partition coefficient (Wildman–Crippen LogP) is 6.97. The zero-order chi connectivity index (χ0) is 20.8. The van der Waals surface area contributed by atoms with Gasteiger partial charge in [0, 0.05) is 5.02 Å². The largest absolute Gasteiger partial charge is 0.307 e. The molecule has 0 aliphatic heterocycles. The molecule has 3 aromatic rings. The maximum absolute atomic E-state index is 6.14. The highest BCUT2D eigenvalue weighted by molar-refractivity contribution is 6.30. The Morgan fingerprint density at radius 1 is 0.900 bits per heavy atom. The Morgan fingerprint density at radius 2 is 1.57 bits per heavy atom. The molecule has 2 heteroatoms. The minimum Gasteiger partial charge on any atom is -0.307 e. The van der Waals surface area contributed by atoms with E-state index in [9.17, 15) is 0 Å². The number of hydrogen-bond acceptors (Lipinski definition) is 1. The quantitative estimate of drug-likeness (QED) is 0.474. The van der Waals surface area contributed by atoms with Crippen molar-refractivity contribution in [2.24, 2.45) is 0 Å². The van der Waals surface area contributed by atoms with Crippen LogP contribution in [0.3, 0.4) is 0 Å². The van der Waals surface area contributed by atoms with Crippen LogP contribution in [0.15, 0.2) is 72.8 Å². The molecular formula is C28H30ClN. The van der Waals surface area contributed by atoms with Gasteiger partial charge in [0.1, 0.15) is 0 Å². The van der Waals surface area contributed by atoms with E-state index < -0.39 is 0 Å². The maximum Gasteiger partial charge on any atom is 0.0664 e. The lowest BCUT2D eigenvalue weighted by molar-refractivity contribution is 0.478. The van der Waals surface area contributed by atoms with Crippen molar-refractivity contribution in [1.29, 1.82) is 0 Å². The first-order valence-electron chi connectivity index (χ1n) is 11.2. The van der Waals surface area contributed by atoms with Gasteiger partial charge in [0.05, 0.1) is 5.54 Å². The summed E-state index contributed by atoms with van der Waals surface area (Å²) in [5.74, 6) is 0.544. The van der Waals surface area contributed by atoms with E-state index in [0.717, 1.165) is 11.4 Å².